The van der Waals surface area contributed by atoms with Crippen molar-refractivity contribution in [3.63, 3.8) is 0 Å². The number of nitro groups is 1. The molecule has 2 aromatic rings. The van der Waals surface area contributed by atoms with Gasteiger partial charge in [-0.25, -0.2) is 5.43 Å². The first-order chi connectivity index (χ1) is 13.4. The van der Waals surface area contributed by atoms with Gasteiger partial charge in [0.15, 0.2) is 6.61 Å². The molecule has 0 radical (unpaired) electrons. The Labute approximate surface area is 164 Å². The van der Waals surface area contributed by atoms with Crippen LogP contribution in [0.25, 0.3) is 0 Å². The molecule has 0 saturated heterocycles. The Balaban J connectivity index is 2.05. The van der Waals surface area contributed by atoms with Gasteiger partial charge in [0.05, 0.1) is 11.1 Å². The van der Waals surface area contributed by atoms with E-state index in [2.05, 4.69) is 10.5 Å². The maximum Gasteiger partial charge on any atom is 0.277 e. The highest BCUT2D eigenvalue weighted by molar-refractivity contribution is 5.90. The fraction of sp³-hybridized carbons (Fsp3) is 0.300. The van der Waals surface area contributed by atoms with Crippen LogP contribution in [0.15, 0.2) is 47.6 Å². The Morgan fingerprint density at radius 3 is 2.64 bits per heavy atom. The van der Waals surface area contributed by atoms with E-state index in [1.807, 2.05) is 43.9 Å². The molecule has 0 spiro atoms. The lowest BCUT2D eigenvalue weighted by atomic mass is 10.1. The molecule has 1 amide bonds. The molecule has 1 N–H and O–H groups in total. The van der Waals surface area contributed by atoms with E-state index in [9.17, 15) is 14.9 Å². The molecule has 8 heteroatoms. The molecule has 0 aliphatic rings. The third-order valence-electron chi connectivity index (χ3n) is 4.08. The number of nitro benzene ring substituents is 1. The fourth-order valence-corrected chi connectivity index (χ4v) is 2.67. The summed E-state index contributed by atoms with van der Waals surface area (Å²) in [5.74, 6) is 0.175. The van der Waals surface area contributed by atoms with E-state index in [0.717, 1.165) is 24.3 Å². The second-order valence-electron chi connectivity index (χ2n) is 6.07. The van der Waals surface area contributed by atoms with Gasteiger partial charge in [0.1, 0.15) is 5.75 Å². The number of rotatable bonds is 9. The minimum absolute atomic E-state index is 0.0357. The van der Waals surface area contributed by atoms with E-state index < -0.39 is 10.8 Å². The zero-order valence-electron chi connectivity index (χ0n) is 16.2. The van der Waals surface area contributed by atoms with Gasteiger partial charge in [0.25, 0.3) is 11.6 Å². The monoisotopic (exact) mass is 384 g/mol. The molecular formula is C20H24N4O4. The second-order valence-corrected chi connectivity index (χ2v) is 6.07. The largest absolute Gasteiger partial charge is 0.484 e. The highest BCUT2D eigenvalue weighted by Crippen LogP contribution is 2.24. The number of nitrogens with one attached hydrogen (secondary N) is 1. The smallest absolute Gasteiger partial charge is 0.277 e. The summed E-state index contributed by atoms with van der Waals surface area (Å²) in [5.41, 5.74) is 4.74. The van der Waals surface area contributed by atoms with Crippen molar-refractivity contribution < 1.29 is 14.5 Å². The van der Waals surface area contributed by atoms with E-state index in [-0.39, 0.29) is 12.3 Å². The molecule has 0 unspecified atom stereocenters. The number of anilines is 1. The first-order valence-corrected chi connectivity index (χ1v) is 8.99. The summed E-state index contributed by atoms with van der Waals surface area (Å²) < 4.78 is 5.42. The van der Waals surface area contributed by atoms with E-state index in [1.54, 1.807) is 12.1 Å². The fourth-order valence-electron chi connectivity index (χ4n) is 2.67. The van der Waals surface area contributed by atoms with Crippen molar-refractivity contribution in [2.24, 2.45) is 5.10 Å². The minimum atomic E-state index is -0.461. The van der Waals surface area contributed by atoms with Crippen molar-refractivity contribution in [2.45, 2.75) is 20.8 Å². The number of benzene rings is 2. The topological polar surface area (TPSA) is 97.1 Å². The molecule has 28 heavy (non-hydrogen) atoms. The molecule has 0 atom stereocenters. The third-order valence-corrected chi connectivity index (χ3v) is 4.08. The van der Waals surface area contributed by atoms with Crippen molar-refractivity contribution in [1.82, 2.24) is 5.43 Å². The van der Waals surface area contributed by atoms with Crippen LogP contribution in [0.2, 0.25) is 0 Å². The van der Waals surface area contributed by atoms with Crippen LogP contribution in [0.3, 0.4) is 0 Å². The highest BCUT2D eigenvalue weighted by atomic mass is 16.6. The molecule has 8 nitrogen and oxygen atoms in total. The van der Waals surface area contributed by atoms with Crippen LogP contribution < -0.4 is 15.1 Å². The Morgan fingerprint density at radius 1 is 1.25 bits per heavy atom. The predicted molar refractivity (Wildman–Crippen MR) is 109 cm³/mol. The van der Waals surface area contributed by atoms with Gasteiger partial charge in [0.2, 0.25) is 0 Å². The van der Waals surface area contributed by atoms with E-state index in [1.165, 1.54) is 18.3 Å². The quantitative estimate of drug-likeness (QED) is 0.406. The van der Waals surface area contributed by atoms with Gasteiger partial charge in [-0.2, -0.15) is 5.10 Å². The van der Waals surface area contributed by atoms with Gasteiger partial charge in [0, 0.05) is 36.5 Å². The number of hydrogen-bond donors (Lipinski definition) is 1. The molecular weight excluding hydrogens is 360 g/mol. The number of hydrogen-bond acceptors (Lipinski definition) is 6. The zero-order chi connectivity index (χ0) is 20.5. The number of hydrazone groups is 1. The van der Waals surface area contributed by atoms with Crippen molar-refractivity contribution in [1.29, 1.82) is 0 Å². The average Bonchev–Trinajstić information content (AvgIpc) is 2.68. The molecule has 0 bridgehead atoms. The molecule has 0 heterocycles. The van der Waals surface area contributed by atoms with Gasteiger partial charge in [-0.3, -0.25) is 14.9 Å². The van der Waals surface area contributed by atoms with Crippen LogP contribution in [-0.4, -0.2) is 36.7 Å². The van der Waals surface area contributed by atoms with E-state index in [0.29, 0.717) is 11.3 Å². The highest BCUT2D eigenvalue weighted by Gasteiger charge is 2.13. The molecule has 148 valence electrons. The number of carbonyl (C=O) groups excluding carboxylic acids is 1. The van der Waals surface area contributed by atoms with Crippen LogP contribution in [0.4, 0.5) is 11.4 Å². The van der Waals surface area contributed by atoms with Gasteiger partial charge >= 0.3 is 0 Å². The van der Waals surface area contributed by atoms with E-state index in [4.69, 9.17) is 4.74 Å². The van der Waals surface area contributed by atoms with Gasteiger partial charge < -0.3 is 9.64 Å². The summed E-state index contributed by atoms with van der Waals surface area (Å²) in [6, 6.07) is 12.0. The van der Waals surface area contributed by atoms with Crippen LogP contribution in [-0.2, 0) is 4.79 Å². The lowest BCUT2D eigenvalue weighted by molar-refractivity contribution is -0.384. The zero-order valence-corrected chi connectivity index (χ0v) is 16.2. The van der Waals surface area contributed by atoms with Gasteiger partial charge in [-0.15, -0.1) is 0 Å². The number of amides is 1. The molecule has 0 aliphatic heterocycles. The molecule has 0 saturated carbocycles. The van der Waals surface area contributed by atoms with Crippen LogP contribution in [0.5, 0.6) is 5.75 Å². The maximum absolute atomic E-state index is 11.9. The Hall–Kier alpha value is -3.42. The SMILES string of the molecule is CCN(CC)c1ccc([N+](=O)[O-])cc1C=NNC(=O)COc1cccc(C)c1. The molecule has 0 fully saturated rings. The number of aryl methyl sites for hydroxylation is 1. The molecule has 2 rings (SSSR count). The Morgan fingerprint density at radius 2 is 2.00 bits per heavy atom. The molecule has 2 aromatic carbocycles. The standard InChI is InChI=1S/C20H24N4O4/c1-4-23(5-2)19-10-9-17(24(26)27)12-16(19)13-21-22-20(25)14-28-18-8-6-7-15(3)11-18/h6-13H,4-5,14H2,1-3H3,(H,22,25). The summed E-state index contributed by atoms with van der Waals surface area (Å²) in [6.07, 6.45) is 1.41. The van der Waals surface area contributed by atoms with E-state index >= 15 is 0 Å². The van der Waals surface area contributed by atoms with Crippen molar-refractivity contribution >= 4 is 23.5 Å². The number of carbonyl (C=O) groups is 1. The van der Waals surface area contributed by atoms with Crippen molar-refractivity contribution in [3.05, 3.63) is 63.7 Å². The second kappa shape index (κ2) is 10.1. The predicted octanol–water partition coefficient (Wildman–Crippen LogP) is 3.28. The first-order valence-electron chi connectivity index (χ1n) is 8.99. The lowest BCUT2D eigenvalue weighted by Crippen LogP contribution is -2.25. The van der Waals surface area contributed by atoms with Crippen LogP contribution in [0.1, 0.15) is 25.0 Å². The van der Waals surface area contributed by atoms with Gasteiger partial charge in [-0.05, 0) is 44.5 Å². The van der Waals surface area contributed by atoms with Crippen molar-refractivity contribution in [3.8, 4) is 5.75 Å². The molecule has 0 aliphatic carbocycles. The summed E-state index contributed by atoms with van der Waals surface area (Å²) in [5, 5.41) is 15.0. The van der Waals surface area contributed by atoms with Crippen LogP contribution >= 0.6 is 0 Å². The van der Waals surface area contributed by atoms with Crippen molar-refractivity contribution in [2.75, 3.05) is 24.6 Å². The number of non-ortho nitro benzene ring substituents is 1. The summed E-state index contributed by atoms with van der Waals surface area (Å²) in [4.78, 5) is 24.6. The number of nitrogens with zero attached hydrogens (tertiary/aromatic N) is 3. The van der Waals surface area contributed by atoms with Gasteiger partial charge in [-0.1, -0.05) is 12.1 Å². The first kappa shape index (κ1) is 20.9. The summed E-state index contributed by atoms with van der Waals surface area (Å²) in [7, 11) is 0. The Kier molecular flexibility index (Phi) is 7.50. The molecule has 0 aromatic heterocycles. The normalized spacial score (nSPS) is 10.7. The Bertz CT molecular complexity index is 863. The maximum atomic E-state index is 11.9. The third kappa shape index (κ3) is 5.80. The summed E-state index contributed by atoms with van der Waals surface area (Å²) in [6.45, 7) is 7.23. The number of ether oxygens (including phenoxy) is 1. The minimum Gasteiger partial charge on any atom is -0.484 e. The van der Waals surface area contributed by atoms with Crippen LogP contribution in [0, 0.1) is 17.0 Å². The average molecular weight is 384 g/mol. The summed E-state index contributed by atoms with van der Waals surface area (Å²) >= 11 is 0. The lowest BCUT2D eigenvalue weighted by Gasteiger charge is -2.22.